The summed E-state index contributed by atoms with van der Waals surface area (Å²) in [6, 6.07) is 13.9. The molecular formula is C23H25ClO2. The Bertz CT molecular complexity index is 787. The van der Waals surface area contributed by atoms with Crippen LogP contribution >= 0.6 is 11.6 Å². The van der Waals surface area contributed by atoms with Crippen LogP contribution in [0, 0.1) is 12.8 Å². The molecule has 0 N–H and O–H groups in total. The van der Waals surface area contributed by atoms with Crippen molar-refractivity contribution < 1.29 is 9.59 Å². The second kappa shape index (κ2) is 9.49. The molecule has 0 aliphatic rings. The molecule has 0 saturated carbocycles. The van der Waals surface area contributed by atoms with E-state index in [1.54, 1.807) is 0 Å². The van der Waals surface area contributed by atoms with Crippen molar-refractivity contribution in [2.45, 2.75) is 40.0 Å². The van der Waals surface area contributed by atoms with Crippen LogP contribution in [0.4, 0.5) is 0 Å². The Balaban J connectivity index is 2.10. The lowest BCUT2D eigenvalue weighted by Gasteiger charge is -2.13. The molecule has 2 nitrogen and oxygen atoms in total. The van der Waals surface area contributed by atoms with Crippen LogP contribution in [0.15, 0.2) is 42.5 Å². The predicted octanol–water partition coefficient (Wildman–Crippen LogP) is 5.94. The van der Waals surface area contributed by atoms with E-state index < -0.39 is 5.92 Å². The van der Waals surface area contributed by atoms with Crippen molar-refractivity contribution in [2.75, 3.05) is 0 Å². The zero-order valence-electron chi connectivity index (χ0n) is 15.6. The first kappa shape index (κ1) is 20.1. The Kier molecular flexibility index (Phi) is 7.35. The number of aryl methyl sites for hydroxylation is 1. The Morgan fingerprint density at radius 1 is 0.962 bits per heavy atom. The molecule has 0 amide bonds. The van der Waals surface area contributed by atoms with Crippen molar-refractivity contribution in [3.05, 3.63) is 69.7 Å². The van der Waals surface area contributed by atoms with Gasteiger partial charge in [-0.25, -0.2) is 0 Å². The zero-order chi connectivity index (χ0) is 19.1. The topological polar surface area (TPSA) is 34.1 Å². The van der Waals surface area contributed by atoms with Gasteiger partial charge in [-0.3, -0.25) is 9.59 Å². The smallest absolute Gasteiger partial charge is 0.143 e. The highest BCUT2D eigenvalue weighted by Gasteiger charge is 2.23. The summed E-state index contributed by atoms with van der Waals surface area (Å²) < 4.78 is 0. The minimum atomic E-state index is -0.516. The molecule has 26 heavy (non-hydrogen) atoms. The van der Waals surface area contributed by atoms with Gasteiger partial charge in [0.25, 0.3) is 0 Å². The van der Waals surface area contributed by atoms with Gasteiger partial charge in [-0.05, 0) is 41.7 Å². The van der Waals surface area contributed by atoms with Crippen LogP contribution in [0.5, 0.6) is 0 Å². The van der Waals surface area contributed by atoms with Crippen LogP contribution in [0.1, 0.15) is 48.9 Å². The van der Waals surface area contributed by atoms with Gasteiger partial charge in [0.1, 0.15) is 11.6 Å². The molecule has 0 unspecified atom stereocenters. The third-order valence-corrected chi connectivity index (χ3v) is 4.83. The van der Waals surface area contributed by atoms with Crippen molar-refractivity contribution in [3.63, 3.8) is 0 Å². The first-order valence-electron chi connectivity index (χ1n) is 9.03. The molecule has 0 radical (unpaired) electrons. The van der Waals surface area contributed by atoms with E-state index >= 15 is 0 Å². The molecule has 2 aromatic carbocycles. The number of hydrogen-bond donors (Lipinski definition) is 0. The molecule has 0 bridgehead atoms. The van der Waals surface area contributed by atoms with Gasteiger partial charge in [-0.2, -0.15) is 0 Å². The summed E-state index contributed by atoms with van der Waals surface area (Å²) in [5, 5.41) is 0.733. The number of ketones is 2. The Morgan fingerprint density at radius 3 is 2.12 bits per heavy atom. The van der Waals surface area contributed by atoms with Gasteiger partial charge >= 0.3 is 0 Å². The maximum absolute atomic E-state index is 12.1. The fourth-order valence-corrected chi connectivity index (χ4v) is 3.15. The maximum atomic E-state index is 12.1. The zero-order valence-corrected chi connectivity index (χ0v) is 16.3. The van der Waals surface area contributed by atoms with Crippen molar-refractivity contribution >= 4 is 35.3 Å². The fraction of sp³-hybridized carbons (Fsp3) is 0.304. The van der Waals surface area contributed by atoms with Crippen molar-refractivity contribution in [2.24, 2.45) is 5.92 Å². The number of halogens is 1. The number of carbonyl (C=O) groups is 2. The number of carbonyl (C=O) groups excluding carboxylic acids is 2. The molecule has 0 atom stereocenters. The third kappa shape index (κ3) is 5.40. The first-order chi connectivity index (χ1) is 12.4. The molecule has 0 saturated heterocycles. The van der Waals surface area contributed by atoms with Crippen LogP contribution in [-0.2, 0) is 16.0 Å². The van der Waals surface area contributed by atoms with Gasteiger partial charge in [-0.15, -0.1) is 0 Å². The highest BCUT2D eigenvalue weighted by molar-refractivity contribution is 6.32. The van der Waals surface area contributed by atoms with E-state index in [-0.39, 0.29) is 11.6 Å². The van der Waals surface area contributed by atoms with E-state index in [9.17, 15) is 9.59 Å². The van der Waals surface area contributed by atoms with Crippen molar-refractivity contribution in [1.29, 1.82) is 0 Å². The van der Waals surface area contributed by atoms with E-state index in [0.29, 0.717) is 19.3 Å². The SMILES string of the molecule is CCC(=O)C(Cc1ccc(C=Cc2ccc(C)cc2Cl)cc1)C(=O)CC. The van der Waals surface area contributed by atoms with E-state index in [1.807, 2.05) is 75.4 Å². The average molecular weight is 369 g/mol. The summed E-state index contributed by atoms with van der Waals surface area (Å²) in [6.45, 7) is 5.63. The average Bonchev–Trinajstić information content (AvgIpc) is 2.65. The van der Waals surface area contributed by atoms with Gasteiger partial charge in [0, 0.05) is 17.9 Å². The van der Waals surface area contributed by atoms with E-state index in [1.165, 1.54) is 0 Å². The third-order valence-electron chi connectivity index (χ3n) is 4.51. The van der Waals surface area contributed by atoms with Crippen LogP contribution in [0.3, 0.4) is 0 Å². The minimum Gasteiger partial charge on any atom is -0.299 e. The standard InChI is InChI=1S/C23H25ClO2/c1-4-22(25)20(23(26)5-2)15-18-9-7-17(8-10-18)11-13-19-12-6-16(3)14-21(19)24/h6-14,20H,4-5,15H2,1-3H3. The lowest BCUT2D eigenvalue weighted by Crippen LogP contribution is -2.25. The second-order valence-corrected chi connectivity index (χ2v) is 6.90. The van der Waals surface area contributed by atoms with Crippen LogP contribution in [0.2, 0.25) is 5.02 Å². The lowest BCUT2D eigenvalue weighted by atomic mass is 9.89. The fourth-order valence-electron chi connectivity index (χ4n) is 2.85. The molecule has 0 spiro atoms. The largest absolute Gasteiger partial charge is 0.299 e. The second-order valence-electron chi connectivity index (χ2n) is 6.50. The minimum absolute atomic E-state index is 0.0230. The van der Waals surface area contributed by atoms with E-state index in [2.05, 4.69) is 0 Å². The van der Waals surface area contributed by atoms with Crippen molar-refractivity contribution in [3.8, 4) is 0 Å². The summed E-state index contributed by atoms with van der Waals surface area (Å²) >= 11 is 6.25. The molecule has 0 aliphatic carbocycles. The van der Waals surface area contributed by atoms with E-state index in [4.69, 9.17) is 11.6 Å². The summed E-state index contributed by atoms with van der Waals surface area (Å²) in [6.07, 6.45) is 5.27. The highest BCUT2D eigenvalue weighted by Crippen LogP contribution is 2.21. The number of rotatable bonds is 8. The lowest BCUT2D eigenvalue weighted by molar-refractivity contribution is -0.132. The monoisotopic (exact) mass is 368 g/mol. The van der Waals surface area contributed by atoms with Crippen LogP contribution in [0.25, 0.3) is 12.2 Å². The van der Waals surface area contributed by atoms with Gasteiger partial charge < -0.3 is 0 Å². The molecule has 3 heteroatoms. The Labute approximate surface area is 160 Å². The summed E-state index contributed by atoms with van der Waals surface area (Å²) in [7, 11) is 0. The molecule has 0 aliphatic heterocycles. The number of hydrogen-bond acceptors (Lipinski definition) is 2. The van der Waals surface area contributed by atoms with E-state index in [0.717, 1.165) is 27.3 Å². The predicted molar refractivity (Wildman–Crippen MR) is 109 cm³/mol. The number of Topliss-reactive ketones (excluding diaryl/α,β-unsaturated/α-hetero) is 2. The number of benzene rings is 2. The quantitative estimate of drug-likeness (QED) is 0.427. The molecule has 2 rings (SSSR count). The Hall–Kier alpha value is -2.19. The molecule has 2 aromatic rings. The molecule has 136 valence electrons. The molecule has 0 fully saturated rings. The van der Waals surface area contributed by atoms with Gasteiger partial charge in [0.15, 0.2) is 0 Å². The summed E-state index contributed by atoms with van der Waals surface area (Å²) in [5.74, 6) is -0.470. The molecule has 0 heterocycles. The van der Waals surface area contributed by atoms with Crippen molar-refractivity contribution in [1.82, 2.24) is 0 Å². The maximum Gasteiger partial charge on any atom is 0.143 e. The van der Waals surface area contributed by atoms with Crippen LogP contribution in [-0.4, -0.2) is 11.6 Å². The van der Waals surface area contributed by atoms with Gasteiger partial charge in [-0.1, -0.05) is 74.0 Å². The summed E-state index contributed by atoms with van der Waals surface area (Å²) in [5.41, 5.74) is 4.16. The van der Waals surface area contributed by atoms with Crippen LogP contribution < -0.4 is 0 Å². The Morgan fingerprint density at radius 2 is 1.58 bits per heavy atom. The van der Waals surface area contributed by atoms with Gasteiger partial charge in [0.05, 0.1) is 5.92 Å². The normalized spacial score (nSPS) is 11.3. The molecular weight excluding hydrogens is 344 g/mol. The highest BCUT2D eigenvalue weighted by atomic mass is 35.5. The van der Waals surface area contributed by atoms with Gasteiger partial charge in [0.2, 0.25) is 0 Å². The summed E-state index contributed by atoms with van der Waals surface area (Å²) in [4.78, 5) is 24.1. The first-order valence-corrected chi connectivity index (χ1v) is 9.41. The molecule has 0 aromatic heterocycles.